The number of hydrogen-bond acceptors (Lipinski definition) is 5. The summed E-state index contributed by atoms with van der Waals surface area (Å²) in [6.07, 6.45) is 3.88. The summed E-state index contributed by atoms with van der Waals surface area (Å²) in [5, 5.41) is 15.3. The van der Waals surface area contributed by atoms with E-state index in [2.05, 4.69) is 10.3 Å². The molecule has 6 nitrogen and oxygen atoms in total. The molecule has 2 heterocycles. The Balaban J connectivity index is 1.56. The molecule has 0 bridgehead atoms. The third-order valence-electron chi connectivity index (χ3n) is 4.73. The van der Waals surface area contributed by atoms with Crippen molar-refractivity contribution >= 4 is 17.4 Å². The van der Waals surface area contributed by atoms with Crippen molar-refractivity contribution in [3.8, 4) is 0 Å². The Kier molecular flexibility index (Phi) is 5.50. The van der Waals surface area contributed by atoms with Crippen molar-refractivity contribution in [2.75, 3.05) is 26.3 Å². The quantitative estimate of drug-likeness (QED) is 0.881. The molecule has 2 fully saturated rings. The van der Waals surface area contributed by atoms with Gasteiger partial charge in [0.1, 0.15) is 11.1 Å². The molecule has 1 aliphatic heterocycles. The zero-order valence-electron chi connectivity index (χ0n) is 13.5. The molecule has 2 aliphatic rings. The summed E-state index contributed by atoms with van der Waals surface area (Å²) in [4.78, 5) is 18.9. The summed E-state index contributed by atoms with van der Waals surface area (Å²) < 4.78 is 5.78. The van der Waals surface area contributed by atoms with Crippen LogP contribution in [0.3, 0.4) is 0 Å². The second-order valence-corrected chi connectivity index (χ2v) is 7.28. The molecule has 7 heteroatoms. The van der Waals surface area contributed by atoms with Gasteiger partial charge in [-0.25, -0.2) is 9.78 Å². The monoisotopic (exact) mass is 339 g/mol. The van der Waals surface area contributed by atoms with Gasteiger partial charge in [-0.2, -0.15) is 0 Å². The van der Waals surface area contributed by atoms with Crippen LogP contribution < -0.4 is 5.32 Å². The number of rotatable bonds is 4. The SMILES string of the molecule is Cc1csc([C@@H]2CN(C(=O)N[C@H]3CCC[C@@H]3CCO)CCO2)n1. The Hall–Kier alpha value is -1.18. The number of ether oxygens (including phenoxy) is 1. The summed E-state index contributed by atoms with van der Waals surface area (Å²) in [5.41, 5.74) is 0.993. The van der Waals surface area contributed by atoms with E-state index in [1.807, 2.05) is 17.2 Å². The van der Waals surface area contributed by atoms with Gasteiger partial charge in [0, 0.05) is 30.3 Å². The number of carbonyl (C=O) groups is 1. The predicted octanol–water partition coefficient (Wildman–Crippen LogP) is 2.09. The molecule has 3 atom stereocenters. The summed E-state index contributed by atoms with van der Waals surface area (Å²) in [7, 11) is 0. The smallest absolute Gasteiger partial charge is 0.317 e. The van der Waals surface area contributed by atoms with E-state index in [1.165, 1.54) is 0 Å². The molecule has 1 aromatic rings. The number of aliphatic hydroxyl groups is 1. The number of carbonyl (C=O) groups excluding carboxylic acids is 1. The Bertz CT molecular complexity index is 536. The van der Waals surface area contributed by atoms with Crippen molar-refractivity contribution in [1.82, 2.24) is 15.2 Å². The minimum atomic E-state index is -0.120. The number of amides is 2. The first-order valence-corrected chi connectivity index (χ1v) is 9.25. The molecule has 2 amide bonds. The lowest BCUT2D eigenvalue weighted by atomic mass is 10.0. The van der Waals surface area contributed by atoms with E-state index >= 15 is 0 Å². The number of aliphatic hydroxyl groups excluding tert-OH is 1. The Labute approximate surface area is 140 Å². The van der Waals surface area contributed by atoms with Gasteiger partial charge in [0.05, 0.1) is 13.2 Å². The van der Waals surface area contributed by atoms with E-state index < -0.39 is 0 Å². The van der Waals surface area contributed by atoms with E-state index in [0.717, 1.165) is 36.4 Å². The molecular formula is C16H25N3O3S. The molecule has 2 N–H and O–H groups in total. The molecule has 0 spiro atoms. The predicted molar refractivity (Wildman–Crippen MR) is 88.5 cm³/mol. The maximum Gasteiger partial charge on any atom is 0.317 e. The van der Waals surface area contributed by atoms with Crippen LogP contribution in [0.4, 0.5) is 4.79 Å². The van der Waals surface area contributed by atoms with Crippen LogP contribution in [0, 0.1) is 12.8 Å². The molecular weight excluding hydrogens is 314 g/mol. The lowest BCUT2D eigenvalue weighted by Crippen LogP contribution is -2.50. The van der Waals surface area contributed by atoms with Crippen LogP contribution in [0.5, 0.6) is 0 Å². The van der Waals surface area contributed by atoms with Crippen molar-refractivity contribution in [2.24, 2.45) is 5.92 Å². The second-order valence-electron chi connectivity index (χ2n) is 6.39. The standard InChI is InChI=1S/C16H25N3O3S/c1-11-10-23-15(17-11)14-9-19(6-8-22-14)16(21)18-13-4-2-3-12(13)5-7-20/h10,12-14,20H,2-9H2,1H3,(H,18,21)/t12-,13+,14+/m1/s1. The van der Waals surface area contributed by atoms with Crippen molar-refractivity contribution in [1.29, 1.82) is 0 Å². The molecule has 23 heavy (non-hydrogen) atoms. The van der Waals surface area contributed by atoms with Gasteiger partial charge < -0.3 is 20.1 Å². The molecule has 1 aliphatic carbocycles. The molecule has 0 radical (unpaired) electrons. The number of urea groups is 1. The Morgan fingerprint density at radius 1 is 1.57 bits per heavy atom. The van der Waals surface area contributed by atoms with Crippen LogP contribution in [-0.2, 0) is 4.74 Å². The average Bonchev–Trinajstić information content (AvgIpc) is 3.17. The topological polar surface area (TPSA) is 74.7 Å². The highest BCUT2D eigenvalue weighted by molar-refractivity contribution is 7.09. The lowest BCUT2D eigenvalue weighted by molar-refractivity contribution is -0.0161. The van der Waals surface area contributed by atoms with Crippen molar-refractivity contribution in [3.63, 3.8) is 0 Å². The first kappa shape index (κ1) is 16.7. The first-order chi connectivity index (χ1) is 11.2. The van der Waals surface area contributed by atoms with Gasteiger partial charge in [-0.1, -0.05) is 6.42 Å². The number of morpholine rings is 1. The number of nitrogens with one attached hydrogen (secondary N) is 1. The van der Waals surface area contributed by atoms with E-state index in [0.29, 0.717) is 25.6 Å². The van der Waals surface area contributed by atoms with E-state index in [1.54, 1.807) is 11.3 Å². The molecule has 1 saturated carbocycles. The van der Waals surface area contributed by atoms with E-state index in [9.17, 15) is 4.79 Å². The summed E-state index contributed by atoms with van der Waals surface area (Å²) in [6, 6.07) is 0.180. The van der Waals surface area contributed by atoms with Gasteiger partial charge in [0.25, 0.3) is 0 Å². The molecule has 1 saturated heterocycles. The number of aromatic nitrogens is 1. The Morgan fingerprint density at radius 3 is 3.17 bits per heavy atom. The fourth-order valence-electron chi connectivity index (χ4n) is 3.49. The summed E-state index contributed by atoms with van der Waals surface area (Å²) >= 11 is 1.59. The van der Waals surface area contributed by atoms with Crippen LogP contribution in [0.2, 0.25) is 0 Å². The number of thiazole rings is 1. The summed E-state index contributed by atoms with van der Waals surface area (Å²) in [5.74, 6) is 0.405. The number of aryl methyl sites for hydroxylation is 1. The fourth-order valence-corrected chi connectivity index (χ4v) is 4.33. The van der Waals surface area contributed by atoms with Gasteiger partial charge in [0.2, 0.25) is 0 Å². The van der Waals surface area contributed by atoms with Crippen LogP contribution in [0.25, 0.3) is 0 Å². The minimum absolute atomic E-state index is 0.0126. The average molecular weight is 339 g/mol. The minimum Gasteiger partial charge on any atom is -0.396 e. The third kappa shape index (κ3) is 4.02. The molecule has 0 unspecified atom stereocenters. The van der Waals surface area contributed by atoms with Crippen LogP contribution in [-0.4, -0.2) is 53.4 Å². The highest BCUT2D eigenvalue weighted by Gasteiger charge is 2.32. The highest BCUT2D eigenvalue weighted by atomic mass is 32.1. The number of hydrogen-bond donors (Lipinski definition) is 2. The van der Waals surface area contributed by atoms with Gasteiger partial charge in [-0.3, -0.25) is 0 Å². The normalized spacial score (nSPS) is 28.1. The number of nitrogens with zero attached hydrogens (tertiary/aromatic N) is 2. The maximum absolute atomic E-state index is 12.6. The maximum atomic E-state index is 12.6. The second kappa shape index (κ2) is 7.59. The van der Waals surface area contributed by atoms with E-state index in [-0.39, 0.29) is 24.8 Å². The van der Waals surface area contributed by atoms with E-state index in [4.69, 9.17) is 9.84 Å². The molecule has 128 valence electrons. The first-order valence-electron chi connectivity index (χ1n) is 8.37. The largest absolute Gasteiger partial charge is 0.396 e. The fraction of sp³-hybridized carbons (Fsp3) is 0.750. The molecule has 3 rings (SSSR count). The third-order valence-corrected chi connectivity index (χ3v) is 5.79. The van der Waals surface area contributed by atoms with Crippen LogP contribution in [0.15, 0.2) is 5.38 Å². The Morgan fingerprint density at radius 2 is 2.43 bits per heavy atom. The zero-order chi connectivity index (χ0) is 16.2. The van der Waals surface area contributed by atoms with Crippen LogP contribution in [0.1, 0.15) is 42.5 Å². The van der Waals surface area contributed by atoms with Gasteiger partial charge in [-0.05, 0) is 32.1 Å². The van der Waals surface area contributed by atoms with Crippen molar-refractivity contribution < 1.29 is 14.6 Å². The van der Waals surface area contributed by atoms with Crippen LogP contribution >= 0.6 is 11.3 Å². The molecule has 1 aromatic heterocycles. The van der Waals surface area contributed by atoms with Crippen molar-refractivity contribution in [3.05, 3.63) is 16.1 Å². The van der Waals surface area contributed by atoms with Gasteiger partial charge in [-0.15, -0.1) is 11.3 Å². The lowest BCUT2D eigenvalue weighted by Gasteiger charge is -2.33. The van der Waals surface area contributed by atoms with Gasteiger partial charge in [0.15, 0.2) is 0 Å². The zero-order valence-corrected chi connectivity index (χ0v) is 14.3. The summed E-state index contributed by atoms with van der Waals surface area (Å²) in [6.45, 7) is 3.87. The van der Waals surface area contributed by atoms with Crippen molar-refractivity contribution in [2.45, 2.75) is 44.8 Å². The highest BCUT2D eigenvalue weighted by Crippen LogP contribution is 2.29. The molecule has 0 aromatic carbocycles. The van der Waals surface area contributed by atoms with Gasteiger partial charge >= 0.3 is 6.03 Å².